The van der Waals surface area contributed by atoms with Gasteiger partial charge in [-0.25, -0.2) is 0 Å². The van der Waals surface area contributed by atoms with Crippen molar-refractivity contribution in [2.24, 2.45) is 0 Å². The molecule has 1 aliphatic rings. The maximum atomic E-state index is 13.0. The minimum atomic E-state index is -0.904. The molecule has 25 heavy (non-hydrogen) atoms. The summed E-state index contributed by atoms with van der Waals surface area (Å²) >= 11 is 7.93. The van der Waals surface area contributed by atoms with Gasteiger partial charge < -0.3 is 10.0 Å². The van der Waals surface area contributed by atoms with Crippen molar-refractivity contribution in [3.05, 3.63) is 53.2 Å². The first-order valence-electron chi connectivity index (χ1n) is 7.87. The lowest BCUT2D eigenvalue weighted by molar-refractivity contribution is -0.138. The molecule has 1 aromatic carbocycles. The molecule has 2 heterocycles. The number of pyridine rings is 1. The molecule has 130 valence electrons. The van der Waals surface area contributed by atoms with Gasteiger partial charge in [0, 0.05) is 29.8 Å². The van der Waals surface area contributed by atoms with Gasteiger partial charge in [-0.05, 0) is 24.3 Å². The average Bonchev–Trinajstić information content (AvgIpc) is 2.62. The number of carboxylic acids is 1. The van der Waals surface area contributed by atoms with E-state index in [0.29, 0.717) is 22.9 Å². The summed E-state index contributed by atoms with van der Waals surface area (Å²) in [5, 5.41) is 9.46. The number of carbonyl (C=O) groups excluding carboxylic acids is 1. The lowest BCUT2D eigenvalue weighted by Crippen LogP contribution is -2.47. The summed E-state index contributed by atoms with van der Waals surface area (Å²) < 4.78 is 0. The summed E-state index contributed by atoms with van der Waals surface area (Å²) in [6, 6.07) is 10.5. The molecule has 2 aromatic rings. The third kappa shape index (κ3) is 4.14. The standard InChI is InChI=1S/C18H17ClN2O3S/c19-15-5-4-12(16-3-1-2-6-20-16)9-14(15)18(24)21-7-8-25-11-13(21)10-17(22)23/h1-6,9,13H,7-8,10-11H2,(H,22,23). The molecular formula is C18H17ClN2O3S. The highest BCUT2D eigenvalue weighted by atomic mass is 35.5. The maximum absolute atomic E-state index is 13.0. The Morgan fingerprint density at radius 2 is 2.16 bits per heavy atom. The largest absolute Gasteiger partial charge is 0.481 e. The highest BCUT2D eigenvalue weighted by Gasteiger charge is 2.30. The van der Waals surface area contributed by atoms with Crippen molar-refractivity contribution in [2.45, 2.75) is 12.5 Å². The molecule has 5 nitrogen and oxygen atoms in total. The van der Waals surface area contributed by atoms with Gasteiger partial charge in [0.15, 0.2) is 0 Å². The van der Waals surface area contributed by atoms with Crippen LogP contribution in [-0.2, 0) is 4.79 Å². The van der Waals surface area contributed by atoms with Gasteiger partial charge in [0.2, 0.25) is 0 Å². The number of nitrogens with zero attached hydrogens (tertiary/aromatic N) is 2. The van der Waals surface area contributed by atoms with Gasteiger partial charge in [0.25, 0.3) is 5.91 Å². The quantitative estimate of drug-likeness (QED) is 0.885. The molecule has 0 aliphatic carbocycles. The van der Waals surface area contributed by atoms with E-state index in [1.54, 1.807) is 35.0 Å². The zero-order chi connectivity index (χ0) is 17.8. The summed E-state index contributed by atoms with van der Waals surface area (Å²) in [5.41, 5.74) is 1.94. The fourth-order valence-electron chi connectivity index (χ4n) is 2.83. The number of carboxylic acid groups (broad SMARTS) is 1. The zero-order valence-electron chi connectivity index (χ0n) is 13.4. The van der Waals surface area contributed by atoms with Gasteiger partial charge in [0.1, 0.15) is 0 Å². The first kappa shape index (κ1) is 17.8. The van der Waals surface area contributed by atoms with Gasteiger partial charge in [-0.15, -0.1) is 0 Å². The molecule has 0 spiro atoms. The molecule has 1 saturated heterocycles. The monoisotopic (exact) mass is 376 g/mol. The molecule has 0 bridgehead atoms. The molecule has 0 radical (unpaired) electrons. The Kier molecular flexibility index (Phi) is 5.60. The molecule has 1 aromatic heterocycles. The lowest BCUT2D eigenvalue weighted by Gasteiger charge is -2.35. The number of hydrogen-bond donors (Lipinski definition) is 1. The third-order valence-corrected chi connectivity index (χ3v) is 5.48. The Hall–Kier alpha value is -2.05. The van der Waals surface area contributed by atoms with Crippen molar-refractivity contribution in [2.75, 3.05) is 18.1 Å². The summed E-state index contributed by atoms with van der Waals surface area (Å²) in [6.07, 6.45) is 1.63. The average molecular weight is 377 g/mol. The number of aromatic nitrogens is 1. The van der Waals surface area contributed by atoms with E-state index in [4.69, 9.17) is 16.7 Å². The van der Waals surface area contributed by atoms with Gasteiger partial charge in [-0.1, -0.05) is 23.7 Å². The van der Waals surface area contributed by atoms with Crippen LogP contribution in [0.4, 0.5) is 0 Å². The van der Waals surface area contributed by atoms with Crippen LogP contribution in [0.15, 0.2) is 42.6 Å². The molecule has 1 atom stereocenters. The molecule has 7 heteroatoms. The minimum absolute atomic E-state index is 0.0592. The Bertz CT molecular complexity index is 785. The number of thioether (sulfide) groups is 1. The molecular weight excluding hydrogens is 360 g/mol. The van der Waals surface area contributed by atoms with Crippen LogP contribution < -0.4 is 0 Å². The number of carbonyl (C=O) groups is 2. The van der Waals surface area contributed by atoms with Crippen molar-refractivity contribution >= 4 is 35.2 Å². The highest BCUT2D eigenvalue weighted by molar-refractivity contribution is 7.99. The number of benzene rings is 1. The van der Waals surface area contributed by atoms with E-state index in [2.05, 4.69) is 4.98 Å². The topological polar surface area (TPSA) is 70.5 Å². The highest BCUT2D eigenvalue weighted by Crippen LogP contribution is 2.28. The Morgan fingerprint density at radius 1 is 1.32 bits per heavy atom. The van der Waals surface area contributed by atoms with Crippen molar-refractivity contribution in [1.82, 2.24) is 9.88 Å². The smallest absolute Gasteiger partial charge is 0.305 e. The summed E-state index contributed by atoms with van der Waals surface area (Å²) in [6.45, 7) is 0.519. The van der Waals surface area contributed by atoms with Crippen LogP contribution >= 0.6 is 23.4 Å². The Labute approximate surface area is 155 Å². The molecule has 1 aliphatic heterocycles. The molecule has 1 fully saturated rings. The van der Waals surface area contributed by atoms with E-state index in [-0.39, 0.29) is 18.4 Å². The zero-order valence-corrected chi connectivity index (χ0v) is 15.0. The molecule has 1 amide bonds. The van der Waals surface area contributed by atoms with E-state index < -0.39 is 5.97 Å². The number of halogens is 1. The van der Waals surface area contributed by atoms with E-state index in [9.17, 15) is 9.59 Å². The van der Waals surface area contributed by atoms with Crippen LogP contribution in [0.5, 0.6) is 0 Å². The van der Waals surface area contributed by atoms with Gasteiger partial charge >= 0.3 is 5.97 Å². The van der Waals surface area contributed by atoms with Crippen molar-refractivity contribution < 1.29 is 14.7 Å². The molecule has 1 N–H and O–H groups in total. The fourth-order valence-corrected chi connectivity index (χ4v) is 4.09. The predicted octanol–water partition coefficient (Wildman–Crippen LogP) is 3.43. The summed E-state index contributed by atoms with van der Waals surface area (Å²) in [4.78, 5) is 30.0. The number of amides is 1. The fraction of sp³-hybridized carbons (Fsp3) is 0.278. The first-order valence-corrected chi connectivity index (χ1v) is 9.41. The number of aliphatic carboxylic acids is 1. The Morgan fingerprint density at radius 3 is 2.88 bits per heavy atom. The van der Waals surface area contributed by atoms with Crippen molar-refractivity contribution in [3.8, 4) is 11.3 Å². The minimum Gasteiger partial charge on any atom is -0.481 e. The van der Waals surface area contributed by atoms with Crippen LogP contribution in [0, 0.1) is 0 Å². The van der Waals surface area contributed by atoms with E-state index in [0.717, 1.165) is 17.0 Å². The van der Waals surface area contributed by atoms with Crippen molar-refractivity contribution in [3.63, 3.8) is 0 Å². The molecule has 1 unspecified atom stereocenters. The van der Waals surface area contributed by atoms with Crippen molar-refractivity contribution in [1.29, 1.82) is 0 Å². The maximum Gasteiger partial charge on any atom is 0.305 e. The van der Waals surface area contributed by atoms with Gasteiger partial charge in [-0.2, -0.15) is 11.8 Å². The van der Waals surface area contributed by atoms with Crippen LogP contribution in [-0.4, -0.2) is 51.0 Å². The molecule has 3 rings (SSSR count). The van der Waals surface area contributed by atoms with E-state index in [1.165, 1.54) is 0 Å². The molecule has 0 saturated carbocycles. The van der Waals surface area contributed by atoms with E-state index >= 15 is 0 Å². The lowest BCUT2D eigenvalue weighted by atomic mass is 10.1. The second-order valence-corrected chi connectivity index (χ2v) is 7.29. The normalized spacial score (nSPS) is 17.3. The van der Waals surface area contributed by atoms with Gasteiger partial charge in [0.05, 0.1) is 28.7 Å². The summed E-state index contributed by atoms with van der Waals surface area (Å²) in [5.74, 6) is 0.280. The second kappa shape index (κ2) is 7.89. The SMILES string of the molecule is O=C(O)CC1CSCCN1C(=O)c1cc(-c2ccccn2)ccc1Cl. The van der Waals surface area contributed by atoms with Crippen LogP contribution in [0.25, 0.3) is 11.3 Å². The second-order valence-electron chi connectivity index (χ2n) is 5.73. The number of rotatable bonds is 4. The predicted molar refractivity (Wildman–Crippen MR) is 99.1 cm³/mol. The van der Waals surface area contributed by atoms with Crippen LogP contribution in [0.1, 0.15) is 16.8 Å². The van der Waals surface area contributed by atoms with E-state index in [1.807, 2.05) is 24.3 Å². The van der Waals surface area contributed by atoms with Crippen LogP contribution in [0.3, 0.4) is 0 Å². The first-order chi connectivity index (χ1) is 12.1. The summed E-state index contributed by atoms with van der Waals surface area (Å²) in [7, 11) is 0. The van der Waals surface area contributed by atoms with Crippen LogP contribution in [0.2, 0.25) is 5.02 Å². The third-order valence-electron chi connectivity index (χ3n) is 4.06. The Balaban J connectivity index is 1.91. The number of hydrogen-bond acceptors (Lipinski definition) is 4. The van der Waals surface area contributed by atoms with Gasteiger partial charge in [-0.3, -0.25) is 14.6 Å².